The summed E-state index contributed by atoms with van der Waals surface area (Å²) >= 11 is 6.31. The molecular weight excluding hydrogens is 446 g/mol. The van der Waals surface area contributed by atoms with Crippen LogP contribution in [0, 0.1) is 6.92 Å². The fourth-order valence-electron chi connectivity index (χ4n) is 4.47. The number of hydrogen-bond acceptors (Lipinski definition) is 2. The molecule has 172 valence electrons. The van der Waals surface area contributed by atoms with Gasteiger partial charge in [-0.2, -0.15) is 0 Å². The molecule has 0 radical (unpaired) electrons. The van der Waals surface area contributed by atoms with Gasteiger partial charge in [0.05, 0.1) is 24.9 Å². The summed E-state index contributed by atoms with van der Waals surface area (Å²) in [6, 6.07) is 25.4. The Morgan fingerprint density at radius 2 is 1.85 bits per heavy atom. The first-order valence-corrected chi connectivity index (χ1v) is 11.7. The minimum absolute atomic E-state index is 0.191. The summed E-state index contributed by atoms with van der Waals surface area (Å²) in [5.41, 5.74) is 5.81. The number of ether oxygens (including phenoxy) is 1. The number of para-hydroxylation sites is 1. The second-order valence-corrected chi connectivity index (χ2v) is 8.77. The van der Waals surface area contributed by atoms with Crippen LogP contribution in [-0.2, 0) is 6.54 Å². The Balaban J connectivity index is 1.59. The van der Waals surface area contributed by atoms with Crippen molar-refractivity contribution in [3.8, 4) is 11.4 Å². The largest absolute Gasteiger partial charge is 0.494 e. The molecule has 0 bridgehead atoms. The van der Waals surface area contributed by atoms with Crippen molar-refractivity contribution in [3.05, 3.63) is 112 Å². The number of aryl methyl sites for hydroxylation is 1. The van der Waals surface area contributed by atoms with Gasteiger partial charge < -0.3 is 19.5 Å². The van der Waals surface area contributed by atoms with Gasteiger partial charge in [0.1, 0.15) is 5.75 Å². The van der Waals surface area contributed by atoms with Crippen LogP contribution in [0.3, 0.4) is 0 Å². The first-order valence-electron chi connectivity index (χ1n) is 11.4. The maximum absolute atomic E-state index is 13.7. The Bertz CT molecular complexity index is 1330. The SMILES string of the molecule is CCOc1ccc(C2c3cccn3-c3ccccc3CN2C(=O)Nc2ccc(C)c(Cl)c2)cc1. The molecule has 3 aromatic carbocycles. The molecule has 5 nitrogen and oxygen atoms in total. The van der Waals surface area contributed by atoms with Gasteiger partial charge in [0.25, 0.3) is 0 Å². The number of fused-ring (bicyclic) bond motifs is 3. The van der Waals surface area contributed by atoms with Crippen LogP contribution in [0.25, 0.3) is 5.69 Å². The van der Waals surface area contributed by atoms with E-state index in [1.54, 1.807) is 6.07 Å². The van der Waals surface area contributed by atoms with E-state index in [1.165, 1.54) is 0 Å². The van der Waals surface area contributed by atoms with Gasteiger partial charge in [-0.1, -0.05) is 48.0 Å². The molecule has 1 atom stereocenters. The third kappa shape index (κ3) is 4.15. The van der Waals surface area contributed by atoms with Crippen LogP contribution in [0.2, 0.25) is 5.02 Å². The van der Waals surface area contributed by atoms with E-state index in [2.05, 4.69) is 34.3 Å². The number of aromatic nitrogens is 1. The van der Waals surface area contributed by atoms with Gasteiger partial charge in [-0.05, 0) is 73.0 Å². The summed E-state index contributed by atoms with van der Waals surface area (Å²) < 4.78 is 7.81. The molecule has 34 heavy (non-hydrogen) atoms. The van der Waals surface area contributed by atoms with Gasteiger partial charge in [0.15, 0.2) is 0 Å². The van der Waals surface area contributed by atoms with Gasteiger partial charge in [-0.15, -0.1) is 0 Å². The molecule has 0 fully saturated rings. The number of urea groups is 1. The van der Waals surface area contributed by atoms with Crippen molar-refractivity contribution < 1.29 is 9.53 Å². The summed E-state index contributed by atoms with van der Waals surface area (Å²) in [4.78, 5) is 15.6. The minimum atomic E-state index is -0.293. The Labute approximate surface area is 204 Å². The van der Waals surface area contributed by atoms with Crippen LogP contribution in [0.1, 0.15) is 35.3 Å². The van der Waals surface area contributed by atoms with Crippen LogP contribution in [0.5, 0.6) is 5.75 Å². The molecule has 5 rings (SSSR count). The second-order valence-electron chi connectivity index (χ2n) is 8.36. The molecule has 2 heterocycles. The number of anilines is 1. The van der Waals surface area contributed by atoms with E-state index in [0.29, 0.717) is 23.9 Å². The summed E-state index contributed by atoms with van der Waals surface area (Å²) in [6.07, 6.45) is 2.05. The lowest BCUT2D eigenvalue weighted by molar-refractivity contribution is 0.194. The summed E-state index contributed by atoms with van der Waals surface area (Å²) in [7, 11) is 0. The molecule has 1 aliphatic heterocycles. The Hall–Kier alpha value is -3.70. The van der Waals surface area contributed by atoms with Crippen LogP contribution in [0.15, 0.2) is 85.1 Å². The highest BCUT2D eigenvalue weighted by atomic mass is 35.5. The lowest BCUT2D eigenvalue weighted by Gasteiger charge is -2.31. The van der Waals surface area contributed by atoms with Crippen molar-refractivity contribution >= 4 is 23.3 Å². The molecule has 0 aliphatic carbocycles. The number of carbonyl (C=O) groups is 1. The van der Waals surface area contributed by atoms with Crippen molar-refractivity contribution in [2.24, 2.45) is 0 Å². The highest BCUT2D eigenvalue weighted by Gasteiger charge is 2.33. The minimum Gasteiger partial charge on any atom is -0.494 e. The number of rotatable bonds is 4. The molecule has 1 unspecified atom stereocenters. The summed E-state index contributed by atoms with van der Waals surface area (Å²) in [6.45, 7) is 4.97. The zero-order valence-electron chi connectivity index (χ0n) is 19.2. The van der Waals surface area contributed by atoms with E-state index in [4.69, 9.17) is 16.3 Å². The van der Waals surface area contributed by atoms with Crippen molar-refractivity contribution in [1.82, 2.24) is 9.47 Å². The van der Waals surface area contributed by atoms with Gasteiger partial charge in [-0.3, -0.25) is 0 Å². The fourth-order valence-corrected chi connectivity index (χ4v) is 4.65. The normalized spacial score (nSPS) is 14.7. The van der Waals surface area contributed by atoms with Crippen LogP contribution in [-0.4, -0.2) is 22.1 Å². The molecule has 0 saturated carbocycles. The highest BCUT2D eigenvalue weighted by Crippen LogP contribution is 2.37. The Kier molecular flexibility index (Phi) is 6.03. The molecule has 6 heteroatoms. The quantitative estimate of drug-likeness (QED) is 0.349. The summed E-state index contributed by atoms with van der Waals surface area (Å²) in [5, 5.41) is 3.68. The van der Waals surface area contributed by atoms with E-state index >= 15 is 0 Å². The van der Waals surface area contributed by atoms with Crippen molar-refractivity contribution in [1.29, 1.82) is 0 Å². The van der Waals surface area contributed by atoms with Crippen LogP contribution >= 0.6 is 11.6 Å². The van der Waals surface area contributed by atoms with Crippen molar-refractivity contribution in [2.45, 2.75) is 26.4 Å². The molecule has 1 N–H and O–H groups in total. The monoisotopic (exact) mass is 471 g/mol. The van der Waals surface area contributed by atoms with Crippen LogP contribution < -0.4 is 10.1 Å². The fraction of sp³-hybridized carbons (Fsp3) is 0.179. The molecule has 2 amide bonds. The average Bonchev–Trinajstić information content (AvgIpc) is 3.27. The zero-order valence-corrected chi connectivity index (χ0v) is 19.9. The van der Waals surface area contributed by atoms with Gasteiger partial charge in [0.2, 0.25) is 0 Å². The maximum Gasteiger partial charge on any atom is 0.322 e. The predicted octanol–water partition coefficient (Wildman–Crippen LogP) is 6.97. The first kappa shape index (κ1) is 22.1. The third-order valence-corrected chi connectivity index (χ3v) is 6.56. The number of amides is 2. The standard InChI is InChI=1S/C28H26ClN3O2/c1-3-34-23-14-11-20(12-15-23)27-26-9-6-16-31(26)25-8-5-4-7-21(25)18-32(27)28(33)30-22-13-10-19(2)24(29)17-22/h4-17,27H,3,18H2,1-2H3,(H,30,33). The van der Waals surface area contributed by atoms with E-state index in [9.17, 15) is 4.79 Å². The third-order valence-electron chi connectivity index (χ3n) is 6.15. The number of nitrogens with one attached hydrogen (secondary N) is 1. The van der Waals surface area contributed by atoms with E-state index < -0.39 is 0 Å². The smallest absolute Gasteiger partial charge is 0.322 e. The van der Waals surface area contributed by atoms with Gasteiger partial charge in [-0.25, -0.2) is 4.79 Å². The summed E-state index contributed by atoms with van der Waals surface area (Å²) in [5.74, 6) is 0.809. The van der Waals surface area contributed by atoms with E-state index in [1.807, 2.05) is 73.3 Å². The number of benzene rings is 3. The van der Waals surface area contributed by atoms with Crippen molar-refractivity contribution in [2.75, 3.05) is 11.9 Å². The number of hydrogen-bond donors (Lipinski definition) is 1. The number of carbonyl (C=O) groups excluding carboxylic acids is 1. The van der Waals surface area contributed by atoms with Crippen molar-refractivity contribution in [3.63, 3.8) is 0 Å². The molecule has 0 saturated heterocycles. The first-order chi connectivity index (χ1) is 16.5. The highest BCUT2D eigenvalue weighted by molar-refractivity contribution is 6.31. The lowest BCUT2D eigenvalue weighted by Crippen LogP contribution is -2.37. The second kappa shape index (κ2) is 9.27. The van der Waals surface area contributed by atoms with E-state index in [-0.39, 0.29) is 12.1 Å². The van der Waals surface area contributed by atoms with Crippen LogP contribution in [0.4, 0.5) is 10.5 Å². The molecular formula is C28H26ClN3O2. The zero-order chi connectivity index (χ0) is 23.7. The lowest BCUT2D eigenvalue weighted by atomic mass is 10.0. The van der Waals surface area contributed by atoms with E-state index in [0.717, 1.165) is 33.8 Å². The van der Waals surface area contributed by atoms with Gasteiger partial charge >= 0.3 is 6.03 Å². The molecule has 1 aliphatic rings. The number of nitrogens with zero attached hydrogens (tertiary/aromatic N) is 2. The molecule has 0 spiro atoms. The van der Waals surface area contributed by atoms with Gasteiger partial charge in [0, 0.05) is 22.6 Å². The Morgan fingerprint density at radius 1 is 1.06 bits per heavy atom. The average molecular weight is 472 g/mol. The topological polar surface area (TPSA) is 46.5 Å². The molecule has 1 aromatic heterocycles. The molecule has 4 aromatic rings. The number of halogens is 1. The maximum atomic E-state index is 13.7. The predicted molar refractivity (Wildman–Crippen MR) is 136 cm³/mol. The Morgan fingerprint density at radius 3 is 2.62 bits per heavy atom.